The average molecular weight is 220 g/mol. The highest BCUT2D eigenvalue weighted by Crippen LogP contribution is 2.23. The smallest absolute Gasteiger partial charge is 0.303 e. The van der Waals surface area contributed by atoms with Gasteiger partial charge in [0.2, 0.25) is 0 Å². The molecule has 0 aliphatic carbocycles. The number of fused-ring (bicyclic) bond motifs is 1. The van der Waals surface area contributed by atoms with Gasteiger partial charge in [0.15, 0.2) is 0 Å². The van der Waals surface area contributed by atoms with Gasteiger partial charge in [-0.25, -0.2) is 4.98 Å². The number of carboxylic acid groups (broad SMARTS) is 1. The van der Waals surface area contributed by atoms with Gasteiger partial charge in [0.05, 0.1) is 0 Å². The molecular weight excluding hydrogens is 204 g/mol. The second-order valence-corrected chi connectivity index (χ2v) is 4.16. The molecule has 0 atom stereocenters. The van der Waals surface area contributed by atoms with Crippen molar-refractivity contribution in [2.75, 3.05) is 11.9 Å². The molecule has 0 aromatic carbocycles. The van der Waals surface area contributed by atoms with Gasteiger partial charge in [0, 0.05) is 18.7 Å². The number of hydrogen-bond acceptors (Lipinski definition) is 3. The summed E-state index contributed by atoms with van der Waals surface area (Å²) in [6.07, 6.45) is 2.90. The summed E-state index contributed by atoms with van der Waals surface area (Å²) >= 11 is 0. The first-order valence-corrected chi connectivity index (χ1v) is 5.62. The fourth-order valence-electron chi connectivity index (χ4n) is 2.02. The van der Waals surface area contributed by atoms with Crippen molar-refractivity contribution in [3.63, 3.8) is 0 Å². The topological polar surface area (TPSA) is 62.2 Å². The van der Waals surface area contributed by atoms with Crippen molar-refractivity contribution >= 4 is 11.8 Å². The van der Waals surface area contributed by atoms with E-state index in [1.807, 2.05) is 6.92 Å². The number of carboxylic acids is 1. The summed E-state index contributed by atoms with van der Waals surface area (Å²) in [5.74, 6) is 0.220. The van der Waals surface area contributed by atoms with E-state index in [-0.39, 0.29) is 6.42 Å². The SMILES string of the molecule is Cc1nc2c(cc1CCC(=O)O)CCCN2. The van der Waals surface area contributed by atoms with Crippen LogP contribution in [0, 0.1) is 6.92 Å². The molecule has 0 saturated heterocycles. The van der Waals surface area contributed by atoms with Gasteiger partial charge in [-0.15, -0.1) is 0 Å². The number of aryl methyl sites for hydroxylation is 3. The van der Waals surface area contributed by atoms with Gasteiger partial charge in [-0.1, -0.05) is 6.07 Å². The minimum absolute atomic E-state index is 0.175. The van der Waals surface area contributed by atoms with Crippen molar-refractivity contribution in [1.29, 1.82) is 0 Å². The molecule has 1 aromatic rings. The lowest BCUT2D eigenvalue weighted by Crippen LogP contribution is -2.15. The average Bonchev–Trinajstić information content (AvgIpc) is 2.26. The molecule has 16 heavy (non-hydrogen) atoms. The second-order valence-electron chi connectivity index (χ2n) is 4.16. The molecule has 0 unspecified atom stereocenters. The van der Waals surface area contributed by atoms with Crippen molar-refractivity contribution in [3.8, 4) is 0 Å². The number of nitrogens with zero attached hydrogens (tertiary/aromatic N) is 1. The van der Waals surface area contributed by atoms with Crippen LogP contribution in [0.4, 0.5) is 5.82 Å². The molecule has 86 valence electrons. The van der Waals surface area contributed by atoms with Gasteiger partial charge < -0.3 is 10.4 Å². The maximum atomic E-state index is 10.5. The van der Waals surface area contributed by atoms with E-state index in [0.29, 0.717) is 6.42 Å². The lowest BCUT2D eigenvalue weighted by molar-refractivity contribution is -0.136. The minimum atomic E-state index is -0.754. The van der Waals surface area contributed by atoms with Crippen LogP contribution in [-0.4, -0.2) is 22.6 Å². The molecule has 0 saturated carbocycles. The van der Waals surface area contributed by atoms with Crippen LogP contribution in [-0.2, 0) is 17.6 Å². The van der Waals surface area contributed by atoms with Gasteiger partial charge in [-0.3, -0.25) is 4.79 Å². The predicted octanol–water partition coefficient (Wildman–Crippen LogP) is 1.77. The Hall–Kier alpha value is -1.58. The molecule has 2 N–H and O–H groups in total. The van der Waals surface area contributed by atoms with Gasteiger partial charge in [0.25, 0.3) is 0 Å². The number of pyridine rings is 1. The lowest BCUT2D eigenvalue weighted by atomic mass is 10.0. The number of aliphatic carboxylic acids is 1. The first-order chi connectivity index (χ1) is 7.66. The Morgan fingerprint density at radius 1 is 1.62 bits per heavy atom. The van der Waals surface area contributed by atoms with E-state index in [1.54, 1.807) is 0 Å². The van der Waals surface area contributed by atoms with Gasteiger partial charge in [-0.2, -0.15) is 0 Å². The number of nitrogens with one attached hydrogen (secondary N) is 1. The fraction of sp³-hybridized carbons (Fsp3) is 0.500. The Morgan fingerprint density at radius 3 is 3.19 bits per heavy atom. The van der Waals surface area contributed by atoms with Crippen molar-refractivity contribution in [2.45, 2.75) is 32.6 Å². The van der Waals surface area contributed by atoms with E-state index in [1.165, 1.54) is 5.56 Å². The zero-order valence-electron chi connectivity index (χ0n) is 9.42. The predicted molar refractivity (Wildman–Crippen MR) is 61.7 cm³/mol. The Balaban J connectivity index is 2.21. The van der Waals surface area contributed by atoms with Crippen LogP contribution < -0.4 is 5.32 Å². The van der Waals surface area contributed by atoms with E-state index in [9.17, 15) is 4.79 Å². The summed E-state index contributed by atoms with van der Waals surface area (Å²) in [7, 11) is 0. The van der Waals surface area contributed by atoms with E-state index in [4.69, 9.17) is 5.11 Å². The third-order valence-electron chi connectivity index (χ3n) is 2.92. The summed E-state index contributed by atoms with van der Waals surface area (Å²) < 4.78 is 0. The normalized spacial score (nSPS) is 14.1. The van der Waals surface area contributed by atoms with Crippen LogP contribution in [0.5, 0.6) is 0 Å². The molecule has 0 amide bonds. The molecule has 0 fully saturated rings. The molecule has 0 bridgehead atoms. The first kappa shape index (κ1) is 10.9. The maximum Gasteiger partial charge on any atom is 0.303 e. The molecule has 1 aromatic heterocycles. The lowest BCUT2D eigenvalue weighted by Gasteiger charge is -2.19. The Bertz CT molecular complexity index is 416. The molecule has 4 heteroatoms. The van der Waals surface area contributed by atoms with Crippen molar-refractivity contribution < 1.29 is 9.90 Å². The van der Waals surface area contributed by atoms with Crippen LogP contribution in [0.3, 0.4) is 0 Å². The zero-order chi connectivity index (χ0) is 11.5. The monoisotopic (exact) mass is 220 g/mol. The summed E-state index contributed by atoms with van der Waals surface area (Å²) in [5.41, 5.74) is 3.22. The Kier molecular flexibility index (Phi) is 3.08. The summed E-state index contributed by atoms with van der Waals surface area (Å²) in [4.78, 5) is 15.0. The van der Waals surface area contributed by atoms with Crippen LogP contribution in [0.2, 0.25) is 0 Å². The molecule has 0 spiro atoms. The van der Waals surface area contributed by atoms with E-state index in [2.05, 4.69) is 16.4 Å². The van der Waals surface area contributed by atoms with Gasteiger partial charge in [0.1, 0.15) is 5.82 Å². The van der Waals surface area contributed by atoms with E-state index >= 15 is 0 Å². The maximum absolute atomic E-state index is 10.5. The highest BCUT2D eigenvalue weighted by Gasteiger charge is 2.13. The van der Waals surface area contributed by atoms with Gasteiger partial charge >= 0.3 is 5.97 Å². The van der Waals surface area contributed by atoms with Crippen LogP contribution in [0.1, 0.15) is 29.7 Å². The third kappa shape index (κ3) is 2.32. The highest BCUT2D eigenvalue weighted by atomic mass is 16.4. The molecule has 2 heterocycles. The van der Waals surface area contributed by atoms with Crippen molar-refractivity contribution in [1.82, 2.24) is 4.98 Å². The number of anilines is 1. The molecular formula is C12H16N2O2. The molecule has 2 rings (SSSR count). The van der Waals surface area contributed by atoms with E-state index in [0.717, 1.165) is 36.5 Å². The molecule has 0 radical (unpaired) electrons. The van der Waals surface area contributed by atoms with E-state index < -0.39 is 5.97 Å². The molecule has 1 aliphatic heterocycles. The fourth-order valence-corrected chi connectivity index (χ4v) is 2.02. The zero-order valence-corrected chi connectivity index (χ0v) is 9.42. The number of hydrogen-bond donors (Lipinski definition) is 2. The van der Waals surface area contributed by atoms with Crippen molar-refractivity contribution in [2.24, 2.45) is 0 Å². The first-order valence-electron chi connectivity index (χ1n) is 5.62. The quantitative estimate of drug-likeness (QED) is 0.814. The Labute approximate surface area is 94.7 Å². The summed E-state index contributed by atoms with van der Waals surface area (Å²) in [6, 6.07) is 2.10. The molecule has 4 nitrogen and oxygen atoms in total. The third-order valence-corrected chi connectivity index (χ3v) is 2.92. The second kappa shape index (κ2) is 4.51. The number of rotatable bonds is 3. The van der Waals surface area contributed by atoms with Crippen LogP contribution in [0.15, 0.2) is 6.07 Å². The highest BCUT2D eigenvalue weighted by molar-refractivity contribution is 5.67. The minimum Gasteiger partial charge on any atom is -0.481 e. The van der Waals surface area contributed by atoms with Crippen LogP contribution >= 0.6 is 0 Å². The molecule has 1 aliphatic rings. The van der Waals surface area contributed by atoms with Crippen LogP contribution in [0.25, 0.3) is 0 Å². The number of aromatic nitrogens is 1. The summed E-state index contributed by atoms with van der Waals surface area (Å²) in [5, 5.41) is 11.9. The standard InChI is InChI=1S/C12H16N2O2/c1-8-9(4-5-11(15)16)7-10-3-2-6-13-12(10)14-8/h7H,2-6H2,1H3,(H,13,14)(H,15,16). The Morgan fingerprint density at radius 2 is 2.44 bits per heavy atom. The summed E-state index contributed by atoms with van der Waals surface area (Å²) in [6.45, 7) is 2.92. The number of carbonyl (C=O) groups is 1. The van der Waals surface area contributed by atoms with Gasteiger partial charge in [-0.05, 0) is 37.3 Å². The largest absolute Gasteiger partial charge is 0.481 e. The van der Waals surface area contributed by atoms with Crippen molar-refractivity contribution in [3.05, 3.63) is 22.9 Å².